The maximum absolute atomic E-state index is 12.0. The summed E-state index contributed by atoms with van der Waals surface area (Å²) in [5.41, 5.74) is 1.56. The molecule has 0 radical (unpaired) electrons. The number of carbonyl (C=O) groups is 2. The fraction of sp³-hybridized carbons (Fsp3) is 0.0556. The summed E-state index contributed by atoms with van der Waals surface area (Å²) < 4.78 is 7.67. The number of thiocarbonyl (C=S) groups is 1. The lowest BCUT2D eigenvalue weighted by molar-refractivity contribution is -0.123. The Hall–Kier alpha value is -2.03. The number of nitrogens with one attached hydrogen (secondary N) is 2. The number of hydrogen-bond acceptors (Lipinski definition) is 4. The predicted molar refractivity (Wildman–Crippen MR) is 109 cm³/mol. The molecule has 2 amide bonds. The normalized spacial score (nSPS) is 13.9. The van der Waals surface area contributed by atoms with Gasteiger partial charge in [0.15, 0.2) is 5.11 Å². The van der Waals surface area contributed by atoms with Crippen LogP contribution in [0.2, 0.25) is 0 Å². The van der Waals surface area contributed by atoms with Crippen LogP contribution in [0.1, 0.15) is 11.1 Å². The lowest BCUT2D eigenvalue weighted by Gasteiger charge is -2.17. The molecule has 2 N–H and O–H groups in total. The molecule has 1 heterocycles. The highest BCUT2D eigenvalue weighted by atomic mass is 79.9. The molecule has 2 aromatic rings. The highest BCUT2D eigenvalue weighted by molar-refractivity contribution is 9.10. The molecule has 2 aromatic carbocycles. The van der Waals surface area contributed by atoms with Crippen molar-refractivity contribution in [2.45, 2.75) is 6.61 Å². The fourth-order valence-electron chi connectivity index (χ4n) is 2.27. The molecule has 132 valence electrons. The van der Waals surface area contributed by atoms with Gasteiger partial charge in [-0.05, 0) is 54.2 Å². The van der Waals surface area contributed by atoms with Gasteiger partial charge in [0.2, 0.25) is 0 Å². The van der Waals surface area contributed by atoms with Crippen LogP contribution in [0, 0.1) is 0 Å². The standard InChI is InChI=1S/C18H12Br2N2O3S/c19-12-3-1-10(2-4-12)9-25-15-6-5-13(20)7-11(15)8-14-16(23)21-18(26)22-17(14)24/h1-8H,9H2,(H2,21,22,23,24,26). The van der Waals surface area contributed by atoms with E-state index in [0.717, 1.165) is 14.5 Å². The number of ether oxygens (including phenoxy) is 1. The van der Waals surface area contributed by atoms with E-state index in [9.17, 15) is 9.59 Å². The number of benzene rings is 2. The predicted octanol–water partition coefficient (Wildman–Crippen LogP) is 3.70. The number of hydrogen-bond donors (Lipinski definition) is 2. The van der Waals surface area contributed by atoms with Gasteiger partial charge in [-0.25, -0.2) is 0 Å². The van der Waals surface area contributed by atoms with E-state index < -0.39 is 11.8 Å². The van der Waals surface area contributed by atoms with E-state index in [0.29, 0.717) is 17.9 Å². The molecule has 1 saturated heterocycles. The van der Waals surface area contributed by atoms with Crippen molar-refractivity contribution in [1.29, 1.82) is 0 Å². The first kappa shape index (κ1) is 18.8. The van der Waals surface area contributed by atoms with Gasteiger partial charge in [-0.2, -0.15) is 0 Å². The molecular formula is C18H12Br2N2O3S. The van der Waals surface area contributed by atoms with Gasteiger partial charge in [0.25, 0.3) is 11.8 Å². The second-order valence-corrected chi connectivity index (χ2v) is 7.63. The molecule has 0 atom stereocenters. The van der Waals surface area contributed by atoms with Crippen molar-refractivity contribution in [2.75, 3.05) is 0 Å². The highest BCUT2D eigenvalue weighted by Gasteiger charge is 2.26. The molecule has 0 spiro atoms. The Bertz CT molecular complexity index is 905. The Morgan fingerprint density at radius 1 is 0.962 bits per heavy atom. The van der Waals surface area contributed by atoms with Gasteiger partial charge in [0, 0.05) is 14.5 Å². The molecule has 5 nitrogen and oxygen atoms in total. The molecule has 1 aliphatic heterocycles. The Kier molecular flexibility index (Phi) is 5.85. The van der Waals surface area contributed by atoms with E-state index in [1.165, 1.54) is 6.08 Å². The maximum atomic E-state index is 12.0. The van der Waals surface area contributed by atoms with Gasteiger partial charge in [-0.1, -0.05) is 44.0 Å². The van der Waals surface area contributed by atoms with Crippen molar-refractivity contribution in [3.8, 4) is 5.75 Å². The monoisotopic (exact) mass is 494 g/mol. The summed E-state index contributed by atoms with van der Waals surface area (Å²) in [6.45, 7) is 0.355. The van der Waals surface area contributed by atoms with Crippen LogP contribution in [0.3, 0.4) is 0 Å². The lowest BCUT2D eigenvalue weighted by atomic mass is 10.1. The lowest BCUT2D eigenvalue weighted by Crippen LogP contribution is -2.51. The molecule has 3 rings (SSSR count). The van der Waals surface area contributed by atoms with Crippen molar-refractivity contribution >= 4 is 67.1 Å². The van der Waals surface area contributed by atoms with Crippen LogP contribution in [-0.2, 0) is 16.2 Å². The van der Waals surface area contributed by atoms with Gasteiger partial charge in [-0.15, -0.1) is 0 Å². The maximum Gasteiger partial charge on any atom is 0.263 e. The van der Waals surface area contributed by atoms with Gasteiger partial charge in [-0.3, -0.25) is 20.2 Å². The first-order chi connectivity index (χ1) is 12.4. The minimum Gasteiger partial charge on any atom is -0.488 e. The zero-order chi connectivity index (χ0) is 18.7. The molecule has 0 bridgehead atoms. The van der Waals surface area contributed by atoms with Crippen LogP contribution >= 0.6 is 44.1 Å². The van der Waals surface area contributed by atoms with Crippen molar-refractivity contribution in [3.63, 3.8) is 0 Å². The van der Waals surface area contributed by atoms with Crippen molar-refractivity contribution in [2.24, 2.45) is 0 Å². The quantitative estimate of drug-likeness (QED) is 0.385. The average Bonchev–Trinajstić information content (AvgIpc) is 2.58. The third-order valence-electron chi connectivity index (χ3n) is 3.52. The summed E-state index contributed by atoms with van der Waals surface area (Å²) in [4.78, 5) is 24.1. The third-order valence-corrected chi connectivity index (χ3v) is 4.75. The van der Waals surface area contributed by atoms with Gasteiger partial charge in [0.05, 0.1) is 0 Å². The molecule has 0 unspecified atom stereocenters. The number of amides is 2. The van der Waals surface area contributed by atoms with Crippen LogP contribution in [0.25, 0.3) is 6.08 Å². The van der Waals surface area contributed by atoms with Crippen molar-refractivity contribution in [1.82, 2.24) is 10.6 Å². The topological polar surface area (TPSA) is 67.4 Å². The van der Waals surface area contributed by atoms with Crippen molar-refractivity contribution < 1.29 is 14.3 Å². The minimum atomic E-state index is -0.544. The van der Waals surface area contributed by atoms with E-state index in [4.69, 9.17) is 17.0 Å². The summed E-state index contributed by atoms with van der Waals surface area (Å²) in [6.07, 6.45) is 1.48. The second kappa shape index (κ2) is 8.11. The van der Waals surface area contributed by atoms with E-state index in [-0.39, 0.29) is 10.7 Å². The molecule has 26 heavy (non-hydrogen) atoms. The first-order valence-corrected chi connectivity index (χ1v) is 9.47. The van der Waals surface area contributed by atoms with Crippen LogP contribution < -0.4 is 15.4 Å². The van der Waals surface area contributed by atoms with Gasteiger partial charge in [0.1, 0.15) is 17.9 Å². The summed E-state index contributed by atoms with van der Waals surface area (Å²) >= 11 is 11.6. The molecule has 1 aliphatic rings. The Morgan fingerprint density at radius 2 is 1.58 bits per heavy atom. The smallest absolute Gasteiger partial charge is 0.263 e. The summed E-state index contributed by atoms with van der Waals surface area (Å²) in [7, 11) is 0. The SMILES string of the molecule is O=C1NC(=S)NC(=O)C1=Cc1cc(Br)ccc1OCc1ccc(Br)cc1. The average molecular weight is 496 g/mol. The van der Waals surface area contributed by atoms with Crippen LogP contribution in [-0.4, -0.2) is 16.9 Å². The van der Waals surface area contributed by atoms with Crippen molar-refractivity contribution in [3.05, 3.63) is 68.1 Å². The fourth-order valence-corrected chi connectivity index (χ4v) is 3.10. The van der Waals surface area contributed by atoms with Gasteiger partial charge < -0.3 is 4.74 Å². The van der Waals surface area contributed by atoms with E-state index in [1.807, 2.05) is 30.3 Å². The molecular weight excluding hydrogens is 484 g/mol. The highest BCUT2D eigenvalue weighted by Crippen LogP contribution is 2.27. The number of carbonyl (C=O) groups excluding carboxylic acids is 2. The van der Waals surface area contributed by atoms with Gasteiger partial charge >= 0.3 is 0 Å². The largest absolute Gasteiger partial charge is 0.488 e. The Balaban J connectivity index is 1.87. The van der Waals surface area contributed by atoms with E-state index in [1.54, 1.807) is 12.1 Å². The summed E-state index contributed by atoms with van der Waals surface area (Å²) in [5, 5.41) is 4.82. The molecule has 0 saturated carbocycles. The van der Waals surface area contributed by atoms with E-state index in [2.05, 4.69) is 42.5 Å². The minimum absolute atomic E-state index is 0.00176. The molecule has 8 heteroatoms. The second-order valence-electron chi connectivity index (χ2n) is 5.39. The molecule has 0 aliphatic carbocycles. The van der Waals surface area contributed by atoms with E-state index >= 15 is 0 Å². The zero-order valence-corrected chi connectivity index (χ0v) is 17.2. The number of halogens is 2. The van der Waals surface area contributed by atoms with Crippen LogP contribution in [0.5, 0.6) is 5.75 Å². The third kappa shape index (κ3) is 4.57. The van der Waals surface area contributed by atoms with Crippen LogP contribution in [0.15, 0.2) is 57.0 Å². The zero-order valence-electron chi connectivity index (χ0n) is 13.2. The summed E-state index contributed by atoms with van der Waals surface area (Å²) in [5.74, 6) is -0.535. The number of rotatable bonds is 4. The first-order valence-electron chi connectivity index (χ1n) is 7.47. The molecule has 1 fully saturated rings. The summed E-state index contributed by atoms with van der Waals surface area (Å²) in [6, 6.07) is 13.1. The van der Waals surface area contributed by atoms with Crippen LogP contribution in [0.4, 0.5) is 0 Å². The Morgan fingerprint density at radius 3 is 2.23 bits per heavy atom. The Labute approximate surface area is 172 Å². The molecule has 0 aromatic heterocycles.